The lowest BCUT2D eigenvalue weighted by atomic mass is 9.93. The van der Waals surface area contributed by atoms with E-state index in [0.717, 1.165) is 69.2 Å². The third kappa shape index (κ3) is 12.9. The molecule has 1 aliphatic carbocycles. The summed E-state index contributed by atoms with van der Waals surface area (Å²) in [6, 6.07) is 12.9. The van der Waals surface area contributed by atoms with E-state index in [1.165, 1.54) is 23.5 Å². The first-order valence-corrected chi connectivity index (χ1v) is 27.3. The maximum absolute atomic E-state index is 13.8. The van der Waals surface area contributed by atoms with Crippen molar-refractivity contribution in [1.29, 1.82) is 5.41 Å². The molecule has 2 atom stereocenters. The number of carbonyl (C=O) groups is 3. The maximum atomic E-state index is 13.8. The van der Waals surface area contributed by atoms with Crippen LogP contribution in [0.25, 0.3) is 33.4 Å². The second-order valence-corrected chi connectivity index (χ2v) is 21.4. The molecular formula is C48H66N9O9S3+. The highest BCUT2D eigenvalue weighted by Gasteiger charge is 2.29. The van der Waals surface area contributed by atoms with Gasteiger partial charge in [-0.1, -0.05) is 6.07 Å². The minimum atomic E-state index is -5.01. The summed E-state index contributed by atoms with van der Waals surface area (Å²) in [5.74, 6) is -0.916. The third-order valence-electron chi connectivity index (χ3n) is 12.8. The molecule has 6 rings (SSSR count). The monoisotopic (exact) mass is 1010 g/mol. The number of rotatable bonds is 21. The summed E-state index contributed by atoms with van der Waals surface area (Å²) in [5, 5.41) is 19.6. The van der Waals surface area contributed by atoms with Gasteiger partial charge in [-0.2, -0.15) is 8.42 Å². The number of hydrogen-bond acceptors (Lipinski definition) is 12. The van der Waals surface area contributed by atoms with Crippen molar-refractivity contribution in [3.63, 3.8) is 0 Å². The Morgan fingerprint density at radius 2 is 1.61 bits per heavy atom. The van der Waals surface area contributed by atoms with Crippen LogP contribution in [0.1, 0.15) is 72.4 Å². The Morgan fingerprint density at radius 3 is 2.25 bits per heavy atom. The summed E-state index contributed by atoms with van der Waals surface area (Å²) in [5.41, 5.74) is 3.04. The number of unbranched alkanes of at least 4 members (excludes halogenated alkanes) is 1. The van der Waals surface area contributed by atoms with Crippen LogP contribution in [-0.4, -0.2) is 120 Å². The van der Waals surface area contributed by atoms with Crippen molar-refractivity contribution in [2.24, 2.45) is 7.05 Å². The second-order valence-electron chi connectivity index (χ2n) is 17.4. The van der Waals surface area contributed by atoms with E-state index < -0.39 is 53.8 Å². The largest absolute Gasteiger partial charge is 0.456 e. The van der Waals surface area contributed by atoms with Crippen molar-refractivity contribution in [1.82, 2.24) is 34.7 Å². The molecule has 0 unspecified atom stereocenters. The summed E-state index contributed by atoms with van der Waals surface area (Å²) >= 11 is 1.17. The Kier molecular flexibility index (Phi) is 17.6. The van der Waals surface area contributed by atoms with E-state index in [9.17, 15) is 35.8 Å². The summed E-state index contributed by atoms with van der Waals surface area (Å²) < 4.78 is 77.6. The summed E-state index contributed by atoms with van der Waals surface area (Å²) in [6.07, 6.45) is 2.06. The molecule has 1 saturated heterocycles. The lowest BCUT2D eigenvalue weighted by Crippen LogP contribution is -2.54. The molecule has 2 aromatic carbocycles. The molecule has 0 radical (unpaired) electrons. The lowest BCUT2D eigenvalue weighted by molar-refractivity contribution is -0.132. The molecule has 1 fully saturated rings. The van der Waals surface area contributed by atoms with Gasteiger partial charge in [0.15, 0.2) is 4.80 Å². The first kappa shape index (κ1) is 52.9. The van der Waals surface area contributed by atoms with Gasteiger partial charge >= 0.3 is 0 Å². The van der Waals surface area contributed by atoms with Crippen molar-refractivity contribution < 1.29 is 40.2 Å². The van der Waals surface area contributed by atoms with Crippen molar-refractivity contribution in [3.05, 3.63) is 75.8 Å². The maximum Gasteiger partial charge on any atom is 0.295 e. The van der Waals surface area contributed by atoms with Crippen LogP contribution >= 0.6 is 11.3 Å². The van der Waals surface area contributed by atoms with Crippen LogP contribution in [0.2, 0.25) is 0 Å². The molecule has 374 valence electrons. The van der Waals surface area contributed by atoms with Crippen LogP contribution in [0.3, 0.4) is 0 Å². The summed E-state index contributed by atoms with van der Waals surface area (Å²) in [7, 11) is -5.67. The first-order valence-electron chi connectivity index (χ1n) is 23.5. The van der Waals surface area contributed by atoms with Crippen LogP contribution in [-0.2, 0) is 48.0 Å². The highest BCUT2D eigenvalue weighted by molar-refractivity contribution is 7.89. The SMILES string of the molecule is CCN(CC)c1ccc2c(-c3ccc(S(=O)(=O)NCCCC[C@H](NC(=O)Cc4csc(=N)n4C)C(=O)N[C@@H](C)C(=O)NC4CCN(C)CC4)cc3S(=O)(=O)O)c3ccc(=[N+](CC)CC)cc-3oc2c1. The molecule has 21 heteroatoms. The van der Waals surface area contributed by atoms with Gasteiger partial charge in [0.1, 0.15) is 41.4 Å². The Hall–Kier alpha value is -5.45. The van der Waals surface area contributed by atoms with Gasteiger partial charge in [-0.25, -0.2) is 17.7 Å². The fourth-order valence-electron chi connectivity index (χ4n) is 8.69. The number of fused-ring (bicyclic) bond motifs is 2. The lowest BCUT2D eigenvalue weighted by Gasteiger charge is -2.30. The Bertz CT molecular complexity index is 2980. The van der Waals surface area contributed by atoms with Crippen LogP contribution < -0.4 is 40.3 Å². The number of likely N-dealkylation sites (tertiary alicyclic amines) is 1. The van der Waals surface area contributed by atoms with E-state index in [1.807, 2.05) is 71.1 Å². The molecule has 3 aliphatic rings. The Morgan fingerprint density at radius 1 is 0.913 bits per heavy atom. The molecule has 69 heavy (non-hydrogen) atoms. The van der Waals surface area contributed by atoms with Gasteiger partial charge in [0.05, 0.1) is 17.4 Å². The molecule has 3 aromatic rings. The number of sulfonamides is 1. The van der Waals surface area contributed by atoms with Gasteiger partial charge in [0, 0.05) is 83.7 Å². The molecule has 3 heterocycles. The molecule has 0 spiro atoms. The van der Waals surface area contributed by atoms with Crippen LogP contribution in [0, 0.1) is 5.41 Å². The number of hydrogen-bond donors (Lipinski definition) is 6. The number of nitrogens with one attached hydrogen (secondary N) is 5. The standard InChI is InChI=1S/C48H65N9O9S3/c1-8-56(9-2)33-15-18-37-41(26-33)66-42-27-34(57(10-3)11-4)16-19-38(42)45(37)39-20-17-36(29-43(39)69(63,64)65)68(61,62)50-23-13-12-14-40(53-44(58)28-35-30-67-48(49)55(35)7)47(60)51-31(5)46(59)52-32-21-24-54(6)25-22-32/h15-20,26-27,29-32,40,49-50H,8-14,21-25,28H2,1-7H3,(H3-,51,52,53,58,59,60,63,64,65)/p+1/t31-,40-/m0/s1. The Balaban J connectivity index is 1.22. The number of thiazole rings is 1. The molecular weight excluding hydrogens is 943 g/mol. The number of anilines is 1. The molecule has 6 N–H and O–H groups in total. The molecule has 18 nitrogen and oxygen atoms in total. The number of benzene rings is 3. The average molecular weight is 1010 g/mol. The predicted octanol–water partition coefficient (Wildman–Crippen LogP) is 3.88. The van der Waals surface area contributed by atoms with Crippen molar-refractivity contribution in [2.45, 2.75) is 101 Å². The first-order chi connectivity index (χ1) is 32.8. The predicted molar refractivity (Wildman–Crippen MR) is 268 cm³/mol. The molecule has 3 amide bonds. The fourth-order valence-corrected chi connectivity index (χ4v) is 11.4. The number of aromatic nitrogens is 1. The van der Waals surface area contributed by atoms with E-state index in [4.69, 9.17) is 9.83 Å². The normalized spacial score (nSPS) is 14.7. The molecule has 1 aromatic heterocycles. The minimum absolute atomic E-state index is 0.0167. The third-order valence-corrected chi connectivity index (χ3v) is 16.1. The molecule has 0 bridgehead atoms. The van der Waals surface area contributed by atoms with Crippen molar-refractivity contribution in [2.75, 3.05) is 57.8 Å². The summed E-state index contributed by atoms with van der Waals surface area (Å²) in [6.45, 7) is 14.3. The zero-order valence-corrected chi connectivity index (χ0v) is 42.9. The highest BCUT2D eigenvalue weighted by Crippen LogP contribution is 2.43. The minimum Gasteiger partial charge on any atom is -0.456 e. The van der Waals surface area contributed by atoms with E-state index in [0.29, 0.717) is 33.6 Å². The highest BCUT2D eigenvalue weighted by atomic mass is 32.2. The van der Waals surface area contributed by atoms with E-state index in [-0.39, 0.29) is 54.5 Å². The van der Waals surface area contributed by atoms with Crippen molar-refractivity contribution >= 4 is 65.9 Å². The zero-order valence-electron chi connectivity index (χ0n) is 40.4. The number of amides is 3. The van der Waals surface area contributed by atoms with Gasteiger partial charge in [-0.05, 0) is 117 Å². The smallest absolute Gasteiger partial charge is 0.295 e. The Labute approximate surface area is 408 Å². The van der Waals surface area contributed by atoms with Gasteiger partial charge in [0.2, 0.25) is 33.1 Å². The number of carbonyl (C=O) groups excluding carboxylic acids is 3. The quantitative estimate of drug-likeness (QED) is 0.0267. The van der Waals surface area contributed by atoms with Crippen LogP contribution in [0.4, 0.5) is 5.69 Å². The summed E-state index contributed by atoms with van der Waals surface area (Å²) in [4.78, 5) is 43.5. The topological polar surface area (TPSA) is 239 Å². The van der Waals surface area contributed by atoms with Gasteiger partial charge in [-0.3, -0.25) is 24.3 Å². The van der Waals surface area contributed by atoms with Gasteiger partial charge in [0.25, 0.3) is 10.1 Å². The molecule has 0 saturated carbocycles. The van der Waals surface area contributed by atoms with Crippen LogP contribution in [0.5, 0.6) is 0 Å². The van der Waals surface area contributed by atoms with Crippen LogP contribution in [0.15, 0.2) is 74.2 Å². The van der Waals surface area contributed by atoms with Gasteiger partial charge < -0.3 is 34.7 Å². The van der Waals surface area contributed by atoms with Gasteiger partial charge in [-0.15, -0.1) is 11.3 Å². The average Bonchev–Trinajstić information content (AvgIpc) is 3.63. The number of nitrogens with zero attached hydrogens (tertiary/aromatic N) is 4. The fraction of sp³-hybridized carbons (Fsp3) is 0.479. The van der Waals surface area contributed by atoms with E-state index in [2.05, 4.69) is 35.0 Å². The molecule has 2 aliphatic heterocycles. The van der Waals surface area contributed by atoms with E-state index in [1.54, 1.807) is 23.9 Å². The zero-order chi connectivity index (χ0) is 50.2. The van der Waals surface area contributed by atoms with Crippen molar-refractivity contribution in [3.8, 4) is 22.5 Å². The second kappa shape index (κ2) is 23.0. The van der Waals surface area contributed by atoms with E-state index >= 15 is 0 Å². The number of piperidine rings is 1.